The van der Waals surface area contributed by atoms with Gasteiger partial charge in [0.1, 0.15) is 6.61 Å². The van der Waals surface area contributed by atoms with Gasteiger partial charge in [-0.1, -0.05) is 44.2 Å². The van der Waals surface area contributed by atoms with Gasteiger partial charge in [0.05, 0.1) is 5.92 Å². The van der Waals surface area contributed by atoms with E-state index in [0.717, 1.165) is 18.5 Å². The van der Waals surface area contributed by atoms with E-state index in [0.29, 0.717) is 13.2 Å². The molecule has 0 amide bonds. The van der Waals surface area contributed by atoms with Crippen molar-refractivity contribution in [3.8, 4) is 0 Å². The van der Waals surface area contributed by atoms with Crippen molar-refractivity contribution in [3.63, 3.8) is 0 Å². The fraction of sp³-hybridized carbons (Fsp3) is 0.562. The first-order valence-electron chi connectivity index (χ1n) is 7.24. The van der Waals surface area contributed by atoms with Gasteiger partial charge in [-0.15, -0.1) is 0 Å². The second-order valence-corrected chi connectivity index (χ2v) is 7.10. The highest BCUT2D eigenvalue weighted by molar-refractivity contribution is 7.84. The van der Waals surface area contributed by atoms with Gasteiger partial charge in [-0.05, 0) is 18.5 Å². The van der Waals surface area contributed by atoms with Crippen LogP contribution in [0.25, 0.3) is 0 Å². The summed E-state index contributed by atoms with van der Waals surface area (Å²) >= 11 is 0. The molecule has 3 atom stereocenters. The van der Waals surface area contributed by atoms with E-state index in [4.69, 9.17) is 4.74 Å². The zero-order valence-electron chi connectivity index (χ0n) is 13.0. The molecule has 0 aliphatic rings. The van der Waals surface area contributed by atoms with Crippen LogP contribution in [0, 0.1) is 5.92 Å². The molecule has 0 aliphatic heterocycles. The van der Waals surface area contributed by atoms with Crippen LogP contribution in [-0.4, -0.2) is 34.8 Å². The lowest BCUT2D eigenvalue weighted by atomic mass is 10.2. The van der Waals surface area contributed by atoms with Crippen molar-refractivity contribution in [3.05, 3.63) is 35.9 Å². The van der Waals surface area contributed by atoms with Crippen molar-refractivity contribution in [1.29, 1.82) is 0 Å². The van der Waals surface area contributed by atoms with E-state index >= 15 is 0 Å². The quantitative estimate of drug-likeness (QED) is 0.560. The number of hydrogen-bond acceptors (Lipinski definition) is 4. The van der Waals surface area contributed by atoms with Crippen molar-refractivity contribution < 1.29 is 13.7 Å². The largest absolute Gasteiger partial charge is 0.461 e. The molecule has 1 N–H and O–H groups in total. The van der Waals surface area contributed by atoms with Crippen LogP contribution in [0.3, 0.4) is 0 Å². The molecule has 0 spiro atoms. The average molecular weight is 311 g/mol. The molecular weight excluding hydrogens is 286 g/mol. The minimum atomic E-state index is -0.789. The minimum Gasteiger partial charge on any atom is -0.461 e. The normalized spacial score (nSPS) is 15.2. The van der Waals surface area contributed by atoms with Crippen LogP contribution in [0.4, 0.5) is 0 Å². The second-order valence-electron chi connectivity index (χ2n) is 5.30. The molecule has 1 rings (SSSR count). The third-order valence-corrected chi connectivity index (χ3v) is 4.74. The Morgan fingerprint density at radius 2 is 1.95 bits per heavy atom. The number of benzene rings is 1. The maximum absolute atomic E-state index is 11.8. The monoisotopic (exact) mass is 311 g/mol. The fourth-order valence-corrected chi connectivity index (χ4v) is 2.19. The van der Waals surface area contributed by atoms with Crippen molar-refractivity contribution in [2.24, 2.45) is 5.92 Å². The van der Waals surface area contributed by atoms with Crippen molar-refractivity contribution in [1.82, 2.24) is 5.32 Å². The first kappa shape index (κ1) is 17.9. The van der Waals surface area contributed by atoms with Crippen LogP contribution < -0.4 is 5.32 Å². The number of esters is 1. The molecule has 0 saturated carbocycles. The fourth-order valence-electron chi connectivity index (χ4n) is 1.74. The van der Waals surface area contributed by atoms with Crippen molar-refractivity contribution >= 4 is 16.8 Å². The number of ether oxygens (including phenoxy) is 1. The number of carbonyl (C=O) groups is 1. The molecule has 0 bridgehead atoms. The van der Waals surface area contributed by atoms with Crippen LogP contribution in [0.15, 0.2) is 30.3 Å². The molecule has 1 aromatic rings. The summed E-state index contributed by atoms with van der Waals surface area (Å²) in [5.74, 6) is -0.380. The van der Waals surface area contributed by atoms with E-state index in [1.165, 1.54) is 0 Å². The molecule has 0 saturated heterocycles. The summed E-state index contributed by atoms with van der Waals surface area (Å²) in [6.45, 7) is 5.47. The molecule has 118 valence electrons. The Morgan fingerprint density at radius 1 is 1.29 bits per heavy atom. The summed E-state index contributed by atoms with van der Waals surface area (Å²) < 4.78 is 16.5. The lowest BCUT2D eigenvalue weighted by Gasteiger charge is -2.13. The zero-order valence-corrected chi connectivity index (χ0v) is 13.8. The molecule has 5 heteroatoms. The highest BCUT2D eigenvalue weighted by atomic mass is 32.2. The predicted molar refractivity (Wildman–Crippen MR) is 86.4 cm³/mol. The molecular formula is C16H25NO3S. The van der Waals surface area contributed by atoms with E-state index in [1.807, 2.05) is 44.2 Å². The van der Waals surface area contributed by atoms with Crippen LogP contribution >= 0.6 is 0 Å². The molecule has 0 aromatic heterocycles. The van der Waals surface area contributed by atoms with Crippen LogP contribution in [0.2, 0.25) is 0 Å². The smallest absolute Gasteiger partial charge is 0.310 e. The SMILES string of the molecule is CC(CNCCC(C)S(C)=O)C(=O)OCc1ccccc1. The van der Waals surface area contributed by atoms with Crippen molar-refractivity contribution in [2.75, 3.05) is 19.3 Å². The standard InChI is InChI=1S/C16H25NO3S/c1-13(11-17-10-9-14(2)21(3)19)16(18)20-12-15-7-5-4-6-8-15/h4-8,13-14,17H,9-12H2,1-3H3. The molecule has 21 heavy (non-hydrogen) atoms. The highest BCUT2D eigenvalue weighted by Gasteiger charge is 2.14. The van der Waals surface area contributed by atoms with Crippen molar-refractivity contribution in [2.45, 2.75) is 32.1 Å². The maximum atomic E-state index is 11.8. The average Bonchev–Trinajstić information content (AvgIpc) is 2.49. The molecule has 0 radical (unpaired) electrons. The summed E-state index contributed by atoms with van der Waals surface area (Å²) in [5, 5.41) is 3.39. The summed E-state index contributed by atoms with van der Waals surface area (Å²) in [6.07, 6.45) is 2.56. The number of nitrogens with one attached hydrogen (secondary N) is 1. The maximum Gasteiger partial charge on any atom is 0.310 e. The lowest BCUT2D eigenvalue weighted by molar-refractivity contribution is -0.149. The zero-order chi connectivity index (χ0) is 15.7. The van der Waals surface area contributed by atoms with E-state index in [2.05, 4.69) is 5.32 Å². The first-order valence-corrected chi connectivity index (χ1v) is 8.86. The van der Waals surface area contributed by atoms with Gasteiger partial charge in [0.25, 0.3) is 0 Å². The third-order valence-electron chi connectivity index (χ3n) is 3.37. The van der Waals surface area contributed by atoms with Crippen LogP contribution in [0.1, 0.15) is 25.8 Å². The number of rotatable bonds is 9. The van der Waals surface area contributed by atoms with Gasteiger partial charge >= 0.3 is 5.97 Å². The number of hydrogen-bond donors (Lipinski definition) is 1. The van der Waals surface area contributed by atoms with Gasteiger partial charge in [0.15, 0.2) is 0 Å². The third kappa shape index (κ3) is 7.39. The summed E-state index contributed by atoms with van der Waals surface area (Å²) in [5.41, 5.74) is 0.991. The van der Waals surface area contributed by atoms with E-state index < -0.39 is 10.8 Å². The van der Waals surface area contributed by atoms with E-state index in [9.17, 15) is 9.00 Å². The predicted octanol–water partition coefficient (Wildman–Crippen LogP) is 2.11. The number of carbonyl (C=O) groups excluding carboxylic acids is 1. The Bertz CT molecular complexity index is 450. The molecule has 0 fully saturated rings. The van der Waals surface area contributed by atoms with Gasteiger partial charge in [0.2, 0.25) is 0 Å². The molecule has 4 nitrogen and oxygen atoms in total. The summed E-state index contributed by atoms with van der Waals surface area (Å²) in [6, 6.07) is 9.65. The Kier molecular flexibility index (Phi) is 8.23. The Hall–Kier alpha value is -1.20. The van der Waals surface area contributed by atoms with Gasteiger partial charge in [-0.3, -0.25) is 9.00 Å². The lowest BCUT2D eigenvalue weighted by Crippen LogP contribution is -2.30. The Balaban J connectivity index is 2.18. The Morgan fingerprint density at radius 3 is 2.57 bits per heavy atom. The topological polar surface area (TPSA) is 55.4 Å². The summed E-state index contributed by atoms with van der Waals surface area (Å²) in [4.78, 5) is 11.8. The van der Waals surface area contributed by atoms with Crippen LogP contribution in [0.5, 0.6) is 0 Å². The summed E-state index contributed by atoms with van der Waals surface area (Å²) in [7, 11) is -0.789. The van der Waals surface area contributed by atoms with Gasteiger partial charge in [-0.2, -0.15) is 0 Å². The molecule has 0 aliphatic carbocycles. The van der Waals surface area contributed by atoms with E-state index in [1.54, 1.807) is 6.26 Å². The van der Waals surface area contributed by atoms with Gasteiger partial charge < -0.3 is 10.1 Å². The molecule has 1 aromatic carbocycles. The van der Waals surface area contributed by atoms with Crippen LogP contribution in [-0.2, 0) is 26.9 Å². The van der Waals surface area contributed by atoms with E-state index in [-0.39, 0.29) is 17.1 Å². The first-order chi connectivity index (χ1) is 10.0. The minimum absolute atomic E-state index is 0.179. The Labute approximate surface area is 129 Å². The second kappa shape index (κ2) is 9.68. The molecule has 3 unspecified atom stereocenters. The van der Waals surface area contributed by atoms with Gasteiger partial charge in [-0.25, -0.2) is 0 Å². The molecule has 0 heterocycles. The highest BCUT2D eigenvalue weighted by Crippen LogP contribution is 2.04. The van der Waals surface area contributed by atoms with Gasteiger partial charge in [0, 0.05) is 28.9 Å².